The molecule has 2 rings (SSSR count). The Kier molecular flexibility index (Phi) is 3.66. The Morgan fingerprint density at radius 1 is 1.44 bits per heavy atom. The molecule has 1 aromatic carbocycles. The van der Waals surface area contributed by atoms with Crippen LogP contribution in [0.3, 0.4) is 0 Å². The molecule has 2 aromatic rings. The number of carboxylic acid groups (broad SMARTS) is 1. The molecule has 0 radical (unpaired) electrons. The molecule has 0 saturated heterocycles. The minimum absolute atomic E-state index is 0.0361. The summed E-state index contributed by atoms with van der Waals surface area (Å²) in [5, 5.41) is 8.69. The molecule has 4 nitrogen and oxygen atoms in total. The lowest BCUT2D eigenvalue weighted by Crippen LogP contribution is -1.95. The van der Waals surface area contributed by atoms with Crippen LogP contribution in [-0.2, 0) is 6.61 Å². The summed E-state index contributed by atoms with van der Waals surface area (Å²) < 4.78 is 23.8. The van der Waals surface area contributed by atoms with Crippen LogP contribution in [0.5, 0.6) is 5.75 Å². The summed E-state index contributed by atoms with van der Waals surface area (Å²) in [5.74, 6) is -0.808. The average Bonchev–Trinajstić information content (AvgIpc) is 2.79. The Labute approximate surface area is 110 Å². The van der Waals surface area contributed by atoms with E-state index in [0.717, 1.165) is 6.26 Å². The van der Waals surface area contributed by atoms with Crippen LogP contribution in [0.4, 0.5) is 4.39 Å². The Morgan fingerprint density at radius 3 is 2.83 bits per heavy atom. The molecule has 0 fully saturated rings. The van der Waals surface area contributed by atoms with Gasteiger partial charge < -0.3 is 14.3 Å². The van der Waals surface area contributed by atoms with Crippen LogP contribution in [0.1, 0.15) is 16.1 Å². The van der Waals surface area contributed by atoms with Crippen molar-refractivity contribution in [1.82, 2.24) is 0 Å². The number of halogens is 2. The molecule has 6 heteroatoms. The molecule has 18 heavy (non-hydrogen) atoms. The zero-order valence-corrected chi connectivity index (χ0v) is 10.6. The Morgan fingerprint density at radius 2 is 2.22 bits per heavy atom. The predicted molar refractivity (Wildman–Crippen MR) is 64.1 cm³/mol. The van der Waals surface area contributed by atoms with Crippen molar-refractivity contribution < 1.29 is 23.4 Å². The Hall–Kier alpha value is -1.82. The third kappa shape index (κ3) is 2.89. The zero-order valence-electron chi connectivity index (χ0n) is 9.02. The third-order valence-corrected chi connectivity index (χ3v) is 2.82. The minimum Gasteiger partial charge on any atom is -0.486 e. The molecule has 1 N–H and O–H groups in total. The molecular formula is C12H8BrFO4. The van der Waals surface area contributed by atoms with Crippen LogP contribution < -0.4 is 4.74 Å². The third-order valence-electron chi connectivity index (χ3n) is 2.17. The Bertz CT molecular complexity index is 579. The van der Waals surface area contributed by atoms with Crippen LogP contribution >= 0.6 is 15.9 Å². The van der Waals surface area contributed by atoms with Gasteiger partial charge in [-0.05, 0) is 34.1 Å². The fourth-order valence-electron chi connectivity index (χ4n) is 1.29. The van der Waals surface area contributed by atoms with Gasteiger partial charge >= 0.3 is 5.97 Å². The zero-order chi connectivity index (χ0) is 13.1. The summed E-state index contributed by atoms with van der Waals surface area (Å²) in [5.41, 5.74) is 0.0515. The summed E-state index contributed by atoms with van der Waals surface area (Å²) >= 11 is 3.03. The Balaban J connectivity index is 2.02. The van der Waals surface area contributed by atoms with Crippen molar-refractivity contribution in [3.05, 3.63) is 52.1 Å². The van der Waals surface area contributed by atoms with Crippen molar-refractivity contribution >= 4 is 21.9 Å². The first-order chi connectivity index (χ1) is 8.56. The SMILES string of the molecule is O=C(O)c1coc(COc2ccc(Br)c(F)c2)c1. The summed E-state index contributed by atoms with van der Waals surface area (Å²) in [6.07, 6.45) is 1.13. The standard InChI is InChI=1S/C12H8BrFO4/c13-10-2-1-8(4-11(10)14)18-6-9-3-7(5-17-9)12(15)16/h1-5H,6H2,(H,15,16). The van der Waals surface area contributed by atoms with Crippen LogP contribution in [0.15, 0.2) is 39.4 Å². The van der Waals surface area contributed by atoms with Gasteiger partial charge in [0.05, 0.1) is 10.0 Å². The molecule has 0 spiro atoms. The van der Waals surface area contributed by atoms with E-state index in [1.165, 1.54) is 18.2 Å². The van der Waals surface area contributed by atoms with E-state index in [2.05, 4.69) is 15.9 Å². The molecule has 0 aliphatic rings. The van der Waals surface area contributed by atoms with Crippen LogP contribution in [0, 0.1) is 5.82 Å². The van der Waals surface area contributed by atoms with Crippen LogP contribution in [0.2, 0.25) is 0 Å². The number of carbonyl (C=O) groups is 1. The normalized spacial score (nSPS) is 10.3. The van der Waals surface area contributed by atoms with Gasteiger partial charge in [-0.15, -0.1) is 0 Å². The van der Waals surface area contributed by atoms with E-state index in [9.17, 15) is 9.18 Å². The molecule has 0 unspecified atom stereocenters. The largest absolute Gasteiger partial charge is 0.486 e. The number of furan rings is 1. The van der Waals surface area contributed by atoms with Gasteiger partial charge in [0, 0.05) is 6.07 Å². The van der Waals surface area contributed by atoms with E-state index >= 15 is 0 Å². The monoisotopic (exact) mass is 314 g/mol. The lowest BCUT2D eigenvalue weighted by Gasteiger charge is -2.04. The second kappa shape index (κ2) is 5.22. The fourth-order valence-corrected chi connectivity index (χ4v) is 1.54. The molecule has 0 saturated carbocycles. The summed E-state index contributed by atoms with van der Waals surface area (Å²) in [7, 11) is 0. The van der Waals surface area contributed by atoms with E-state index in [1.807, 2.05) is 0 Å². The minimum atomic E-state index is -1.07. The van der Waals surface area contributed by atoms with E-state index in [0.29, 0.717) is 16.0 Å². The first kappa shape index (κ1) is 12.6. The number of benzene rings is 1. The van der Waals surface area contributed by atoms with Gasteiger partial charge in [-0.1, -0.05) is 0 Å². The molecule has 0 atom stereocenters. The van der Waals surface area contributed by atoms with Crippen molar-refractivity contribution in [3.8, 4) is 5.75 Å². The maximum Gasteiger partial charge on any atom is 0.338 e. The smallest absolute Gasteiger partial charge is 0.338 e. The van der Waals surface area contributed by atoms with Crippen LogP contribution in [-0.4, -0.2) is 11.1 Å². The number of aromatic carboxylic acids is 1. The average molecular weight is 315 g/mol. The van der Waals surface area contributed by atoms with Crippen LogP contribution in [0.25, 0.3) is 0 Å². The highest BCUT2D eigenvalue weighted by Crippen LogP contribution is 2.22. The second-order valence-electron chi connectivity index (χ2n) is 3.47. The lowest BCUT2D eigenvalue weighted by molar-refractivity contribution is 0.0696. The van der Waals surface area contributed by atoms with Gasteiger partial charge in [0.15, 0.2) is 0 Å². The number of rotatable bonds is 4. The van der Waals surface area contributed by atoms with Crippen molar-refractivity contribution in [3.63, 3.8) is 0 Å². The molecule has 0 aliphatic carbocycles. The van der Waals surface area contributed by atoms with Gasteiger partial charge in [0.1, 0.15) is 30.2 Å². The number of hydrogen-bond acceptors (Lipinski definition) is 3. The molecule has 1 heterocycles. The lowest BCUT2D eigenvalue weighted by atomic mass is 10.3. The number of hydrogen-bond donors (Lipinski definition) is 1. The fraction of sp³-hybridized carbons (Fsp3) is 0.0833. The maximum atomic E-state index is 13.2. The molecule has 1 aromatic heterocycles. The van der Waals surface area contributed by atoms with Gasteiger partial charge in [-0.3, -0.25) is 0 Å². The van der Waals surface area contributed by atoms with Gasteiger partial charge in [0.2, 0.25) is 0 Å². The van der Waals surface area contributed by atoms with Crippen molar-refractivity contribution in [2.45, 2.75) is 6.61 Å². The first-order valence-electron chi connectivity index (χ1n) is 4.95. The summed E-state index contributed by atoms with van der Waals surface area (Å²) in [4.78, 5) is 10.6. The first-order valence-corrected chi connectivity index (χ1v) is 5.74. The molecule has 0 aliphatic heterocycles. The summed E-state index contributed by atoms with van der Waals surface area (Å²) in [6, 6.07) is 5.70. The van der Waals surface area contributed by atoms with Gasteiger partial charge in [-0.25, -0.2) is 9.18 Å². The van der Waals surface area contributed by atoms with E-state index in [4.69, 9.17) is 14.3 Å². The number of carboxylic acids is 1. The second-order valence-corrected chi connectivity index (χ2v) is 4.33. The highest BCUT2D eigenvalue weighted by Gasteiger charge is 2.09. The van der Waals surface area contributed by atoms with Gasteiger partial charge in [0.25, 0.3) is 0 Å². The number of ether oxygens (including phenoxy) is 1. The molecule has 94 valence electrons. The van der Waals surface area contributed by atoms with Crippen molar-refractivity contribution in [2.75, 3.05) is 0 Å². The molecule has 0 amide bonds. The van der Waals surface area contributed by atoms with Crippen molar-refractivity contribution in [1.29, 1.82) is 0 Å². The topological polar surface area (TPSA) is 59.7 Å². The van der Waals surface area contributed by atoms with Gasteiger partial charge in [-0.2, -0.15) is 0 Å². The van der Waals surface area contributed by atoms with Crippen molar-refractivity contribution in [2.24, 2.45) is 0 Å². The van der Waals surface area contributed by atoms with E-state index in [-0.39, 0.29) is 12.2 Å². The highest BCUT2D eigenvalue weighted by atomic mass is 79.9. The van der Waals surface area contributed by atoms with E-state index in [1.54, 1.807) is 6.07 Å². The molecule has 0 bridgehead atoms. The summed E-state index contributed by atoms with van der Waals surface area (Å²) in [6.45, 7) is 0.0361. The predicted octanol–water partition coefficient (Wildman–Crippen LogP) is 3.46. The molecular weight excluding hydrogens is 307 g/mol. The quantitative estimate of drug-likeness (QED) is 0.939. The van der Waals surface area contributed by atoms with E-state index < -0.39 is 11.8 Å². The highest BCUT2D eigenvalue weighted by molar-refractivity contribution is 9.10. The maximum absolute atomic E-state index is 13.2.